The summed E-state index contributed by atoms with van der Waals surface area (Å²) in [6.07, 6.45) is 1.74. The molecule has 3 aromatic carbocycles. The van der Waals surface area contributed by atoms with Gasteiger partial charge in [-0.2, -0.15) is 0 Å². The number of nitrogens with one attached hydrogen (secondary N) is 1. The van der Waals surface area contributed by atoms with Crippen molar-refractivity contribution >= 4 is 5.91 Å². The molecule has 0 spiro atoms. The van der Waals surface area contributed by atoms with Crippen molar-refractivity contribution in [1.29, 1.82) is 0 Å². The van der Waals surface area contributed by atoms with Crippen molar-refractivity contribution in [2.45, 2.75) is 19.7 Å². The molecule has 1 heterocycles. The number of hydrogen-bond acceptors (Lipinski definition) is 3. The summed E-state index contributed by atoms with van der Waals surface area (Å²) >= 11 is 0. The molecule has 30 heavy (non-hydrogen) atoms. The van der Waals surface area contributed by atoms with Gasteiger partial charge in [-0.1, -0.05) is 91.0 Å². The van der Waals surface area contributed by atoms with Crippen LogP contribution < -0.4 is 10.1 Å². The average Bonchev–Trinajstić information content (AvgIpc) is 3.21. The van der Waals surface area contributed by atoms with Gasteiger partial charge in [0.05, 0.1) is 6.54 Å². The smallest absolute Gasteiger partial charge is 0.258 e. The van der Waals surface area contributed by atoms with E-state index in [-0.39, 0.29) is 5.91 Å². The number of hydrogen-bond donors (Lipinski definition) is 1. The maximum absolute atomic E-state index is 12.9. The number of carbonyl (C=O) groups excluding carboxylic acids is 1. The molecular weight excluding hydrogens is 374 g/mol. The Kier molecular flexibility index (Phi) is 6.20. The van der Waals surface area contributed by atoms with Crippen LogP contribution in [0.25, 0.3) is 0 Å². The van der Waals surface area contributed by atoms with E-state index in [1.165, 1.54) is 0 Å². The third kappa shape index (κ3) is 5.14. The summed E-state index contributed by atoms with van der Waals surface area (Å²) in [7, 11) is 0. The Morgan fingerprint density at radius 3 is 2.00 bits per heavy atom. The molecule has 0 aliphatic rings. The van der Waals surface area contributed by atoms with Gasteiger partial charge >= 0.3 is 0 Å². The van der Waals surface area contributed by atoms with E-state index in [1.54, 1.807) is 10.9 Å². The van der Waals surface area contributed by atoms with E-state index in [0.717, 1.165) is 16.7 Å². The predicted octanol–water partition coefficient (Wildman–Crippen LogP) is 4.44. The lowest BCUT2D eigenvalue weighted by Gasteiger charge is -2.07. The fourth-order valence-electron chi connectivity index (χ4n) is 3.12. The summed E-state index contributed by atoms with van der Waals surface area (Å²) in [4.78, 5) is 12.9. The summed E-state index contributed by atoms with van der Waals surface area (Å²) in [5.74, 6) is 0.126. The van der Waals surface area contributed by atoms with Gasteiger partial charge in [-0.05, 0) is 16.7 Å². The lowest BCUT2D eigenvalue weighted by atomic mass is 10.2. The highest BCUT2D eigenvalue weighted by Crippen LogP contribution is 2.19. The molecule has 150 valence electrons. The van der Waals surface area contributed by atoms with Gasteiger partial charge in [0.1, 0.15) is 12.2 Å². The second-order valence-corrected chi connectivity index (χ2v) is 6.97. The molecule has 0 aliphatic heterocycles. The quantitative estimate of drug-likeness (QED) is 0.478. The fraction of sp³-hybridized carbons (Fsp3) is 0.120. The number of rotatable bonds is 8. The molecule has 0 saturated heterocycles. The predicted molar refractivity (Wildman–Crippen MR) is 116 cm³/mol. The number of amides is 1. The zero-order chi connectivity index (χ0) is 20.6. The first-order valence-corrected chi connectivity index (χ1v) is 9.88. The molecule has 0 saturated carbocycles. The third-order valence-electron chi connectivity index (χ3n) is 4.67. The van der Waals surface area contributed by atoms with Crippen molar-refractivity contribution in [3.8, 4) is 5.88 Å². The molecule has 0 aliphatic carbocycles. The molecule has 0 unspecified atom stereocenters. The van der Waals surface area contributed by atoms with Crippen molar-refractivity contribution in [1.82, 2.24) is 15.1 Å². The zero-order valence-electron chi connectivity index (χ0n) is 16.6. The van der Waals surface area contributed by atoms with Crippen LogP contribution in [0.1, 0.15) is 27.0 Å². The van der Waals surface area contributed by atoms with Gasteiger partial charge in [0, 0.05) is 12.7 Å². The van der Waals surface area contributed by atoms with Crippen LogP contribution in [0.5, 0.6) is 5.88 Å². The number of carbonyl (C=O) groups is 1. The highest BCUT2D eigenvalue weighted by Gasteiger charge is 2.18. The average molecular weight is 397 g/mol. The monoisotopic (exact) mass is 397 g/mol. The molecule has 1 amide bonds. The molecular formula is C25H23N3O2. The lowest BCUT2D eigenvalue weighted by Crippen LogP contribution is -2.23. The van der Waals surface area contributed by atoms with E-state index in [0.29, 0.717) is 31.1 Å². The lowest BCUT2D eigenvalue weighted by molar-refractivity contribution is 0.0946. The molecule has 5 nitrogen and oxygen atoms in total. The topological polar surface area (TPSA) is 56.2 Å². The van der Waals surface area contributed by atoms with E-state index in [1.807, 2.05) is 91.0 Å². The van der Waals surface area contributed by atoms with Crippen LogP contribution in [0.3, 0.4) is 0 Å². The van der Waals surface area contributed by atoms with Crippen LogP contribution in [0, 0.1) is 0 Å². The van der Waals surface area contributed by atoms with E-state index in [4.69, 9.17) is 4.74 Å². The maximum atomic E-state index is 12.9. The highest BCUT2D eigenvalue weighted by molar-refractivity contribution is 5.96. The number of aromatic nitrogens is 2. The van der Waals surface area contributed by atoms with Gasteiger partial charge in [0.2, 0.25) is 5.88 Å². The molecule has 5 heteroatoms. The first kappa shape index (κ1) is 19.5. The van der Waals surface area contributed by atoms with Gasteiger partial charge < -0.3 is 10.1 Å². The molecule has 4 rings (SSSR count). The Morgan fingerprint density at radius 2 is 1.37 bits per heavy atom. The van der Waals surface area contributed by atoms with Crippen LogP contribution >= 0.6 is 0 Å². The Morgan fingerprint density at radius 1 is 0.800 bits per heavy atom. The van der Waals surface area contributed by atoms with E-state index >= 15 is 0 Å². The van der Waals surface area contributed by atoms with E-state index in [9.17, 15) is 4.79 Å². The Bertz CT molecular complexity index is 1080. The van der Waals surface area contributed by atoms with Gasteiger partial charge in [-0.3, -0.25) is 9.48 Å². The summed E-state index contributed by atoms with van der Waals surface area (Å²) in [5, 5.41) is 7.49. The molecule has 0 radical (unpaired) electrons. The summed E-state index contributed by atoms with van der Waals surface area (Å²) < 4.78 is 7.67. The Hall–Kier alpha value is -3.86. The number of benzene rings is 3. The molecule has 1 aromatic heterocycles. The van der Waals surface area contributed by atoms with E-state index < -0.39 is 0 Å². The highest BCUT2D eigenvalue weighted by atomic mass is 16.5. The van der Waals surface area contributed by atoms with Crippen LogP contribution in [0.4, 0.5) is 0 Å². The third-order valence-corrected chi connectivity index (χ3v) is 4.67. The summed E-state index contributed by atoms with van der Waals surface area (Å²) in [5.41, 5.74) is 3.59. The zero-order valence-corrected chi connectivity index (χ0v) is 16.6. The SMILES string of the molecule is O=C(NCc1ccccc1)c1cn(Cc2ccccc2)nc1OCc1ccccc1. The molecule has 4 aromatic rings. The minimum atomic E-state index is -0.207. The van der Waals surface area contributed by atoms with Gasteiger partial charge in [-0.15, -0.1) is 5.10 Å². The van der Waals surface area contributed by atoms with Crippen molar-refractivity contribution in [2.75, 3.05) is 0 Å². The Labute approximate surface area is 175 Å². The van der Waals surface area contributed by atoms with Gasteiger partial charge in [0.25, 0.3) is 5.91 Å². The second kappa shape index (κ2) is 9.56. The van der Waals surface area contributed by atoms with Gasteiger partial charge in [0.15, 0.2) is 0 Å². The number of ether oxygens (including phenoxy) is 1. The van der Waals surface area contributed by atoms with Crippen molar-refractivity contribution in [3.05, 3.63) is 119 Å². The molecule has 0 atom stereocenters. The fourth-order valence-corrected chi connectivity index (χ4v) is 3.12. The van der Waals surface area contributed by atoms with Crippen molar-refractivity contribution in [2.24, 2.45) is 0 Å². The second-order valence-electron chi connectivity index (χ2n) is 6.97. The summed E-state index contributed by atoms with van der Waals surface area (Å²) in [6, 6.07) is 29.7. The first-order chi connectivity index (χ1) is 14.8. The van der Waals surface area contributed by atoms with Crippen LogP contribution in [-0.2, 0) is 19.7 Å². The normalized spacial score (nSPS) is 10.5. The molecule has 1 N–H and O–H groups in total. The van der Waals surface area contributed by atoms with Crippen LogP contribution in [0.15, 0.2) is 97.2 Å². The first-order valence-electron chi connectivity index (χ1n) is 9.88. The van der Waals surface area contributed by atoms with Crippen LogP contribution in [0.2, 0.25) is 0 Å². The maximum Gasteiger partial charge on any atom is 0.258 e. The standard InChI is InChI=1S/C25H23N3O2/c29-24(26-16-20-10-4-1-5-11-20)23-18-28(17-21-12-6-2-7-13-21)27-25(23)30-19-22-14-8-3-9-15-22/h1-15,18H,16-17,19H2,(H,26,29). The van der Waals surface area contributed by atoms with E-state index in [2.05, 4.69) is 10.4 Å². The largest absolute Gasteiger partial charge is 0.471 e. The molecule has 0 fully saturated rings. The Balaban J connectivity index is 1.51. The van der Waals surface area contributed by atoms with Crippen molar-refractivity contribution < 1.29 is 9.53 Å². The minimum absolute atomic E-state index is 0.207. The number of nitrogens with zero attached hydrogens (tertiary/aromatic N) is 2. The van der Waals surface area contributed by atoms with Gasteiger partial charge in [-0.25, -0.2) is 0 Å². The molecule has 0 bridgehead atoms. The summed E-state index contributed by atoms with van der Waals surface area (Å²) in [6.45, 7) is 1.36. The van der Waals surface area contributed by atoms with Crippen LogP contribution in [-0.4, -0.2) is 15.7 Å². The minimum Gasteiger partial charge on any atom is -0.471 e. The van der Waals surface area contributed by atoms with Crippen molar-refractivity contribution in [3.63, 3.8) is 0 Å².